The van der Waals surface area contributed by atoms with Crippen molar-refractivity contribution in [3.63, 3.8) is 0 Å². The van der Waals surface area contributed by atoms with Crippen LogP contribution in [-0.2, 0) is 11.8 Å². The number of carbonyl (C=O) groups is 1. The number of fused-ring (bicyclic) bond motifs is 1. The number of thiazole rings is 1. The van der Waals surface area contributed by atoms with Crippen LogP contribution < -0.4 is 9.88 Å². The Morgan fingerprint density at radius 1 is 1.19 bits per heavy atom. The second kappa shape index (κ2) is 10.8. The summed E-state index contributed by atoms with van der Waals surface area (Å²) < 4.78 is 2.05. The number of rotatable bonds is 5. The van der Waals surface area contributed by atoms with Crippen molar-refractivity contribution in [3.05, 3.63) is 99.7 Å². The largest absolute Gasteiger partial charge is 0.385 e. The Bertz CT molecular complexity index is 1480. The van der Waals surface area contributed by atoms with Gasteiger partial charge in [0.25, 0.3) is 11.1 Å². The molecule has 2 aliphatic rings. The molecule has 2 aromatic carbocycles. The Balaban J connectivity index is 1.37. The first kappa shape index (κ1) is 25.7. The van der Waals surface area contributed by atoms with E-state index in [9.17, 15) is 4.79 Å². The quantitative estimate of drug-likeness (QED) is 0.181. The zero-order chi connectivity index (χ0) is 26.1. The predicted octanol–water partition coefficient (Wildman–Crippen LogP) is 6.10. The number of quaternary nitrogens is 1. The molecule has 0 aliphatic carbocycles. The number of hydrogen-bond acceptors (Lipinski definition) is 4. The highest BCUT2D eigenvalue weighted by atomic mass is 35.5. The minimum Gasteiger partial charge on any atom is -0.336 e. The minimum absolute atomic E-state index is 0.0190. The molecule has 2 N–H and O–H groups in total. The molecule has 0 saturated carbocycles. The van der Waals surface area contributed by atoms with Crippen LogP contribution in [0.15, 0.2) is 81.7 Å². The number of amides is 1. The monoisotopic (exact) mass is 547 g/mol. The molecule has 1 unspecified atom stereocenters. The van der Waals surface area contributed by atoms with Gasteiger partial charge in [-0.25, -0.2) is 4.57 Å². The van der Waals surface area contributed by atoms with Crippen LogP contribution in [0, 0.1) is 6.92 Å². The normalized spacial score (nSPS) is 19.3. The summed E-state index contributed by atoms with van der Waals surface area (Å²) in [4.78, 5) is 20.4. The molecular weight excluding hydrogens is 520 g/mol. The first-order valence-corrected chi connectivity index (χ1v) is 14.1. The number of benzene rings is 2. The van der Waals surface area contributed by atoms with Gasteiger partial charge < -0.3 is 6.92 Å². The Kier molecular flexibility index (Phi) is 7.49. The lowest BCUT2D eigenvalue weighted by molar-refractivity contribution is -0.642. The van der Waals surface area contributed by atoms with Gasteiger partial charge in [0.2, 0.25) is 0 Å². The van der Waals surface area contributed by atoms with Gasteiger partial charge in [0.15, 0.2) is 0 Å². The number of thioether (sulfide) groups is 1. The van der Waals surface area contributed by atoms with Crippen LogP contribution in [0.3, 0.4) is 0 Å². The molecular formula is C29H28ClN4OS2+. The highest BCUT2D eigenvalue weighted by Crippen LogP contribution is 2.34. The second-order valence-electron chi connectivity index (χ2n) is 8.98. The van der Waals surface area contributed by atoms with Crippen molar-refractivity contribution in [1.82, 2.24) is 4.90 Å². The lowest BCUT2D eigenvalue weighted by Crippen LogP contribution is -2.76. The van der Waals surface area contributed by atoms with Crippen LogP contribution in [-0.4, -0.2) is 22.5 Å². The third-order valence-electron chi connectivity index (χ3n) is 6.34. The van der Waals surface area contributed by atoms with Crippen LogP contribution >= 0.6 is 34.7 Å². The lowest BCUT2D eigenvalue weighted by Gasteiger charge is -2.15. The molecule has 1 amide bonds. The first-order valence-electron chi connectivity index (χ1n) is 12.1. The molecule has 1 aromatic heterocycles. The highest BCUT2D eigenvalue weighted by Gasteiger charge is 2.36. The standard InChI is InChI=1S/C29H27ClN4OS2/c1-5-34-27(35)26(15-13-23-12-8-21-16-20(18(2)3)9-14-24(21)31-23)37-29(34)32-28-33(4)25(17-36-28)19-6-10-22(30)11-7-19/h6-18,31H,2,5H2,1,3-4H3/p+1/b23-13+,26-15-. The molecule has 0 spiro atoms. The van der Waals surface area contributed by atoms with Gasteiger partial charge in [-0.15, -0.1) is 5.92 Å². The summed E-state index contributed by atoms with van der Waals surface area (Å²) in [5, 5.41) is 6.45. The van der Waals surface area contributed by atoms with E-state index >= 15 is 0 Å². The fraction of sp³-hybridized carbons (Fsp3) is 0.172. The van der Waals surface area contributed by atoms with Gasteiger partial charge in [-0.1, -0.05) is 41.5 Å². The Morgan fingerprint density at radius 2 is 1.97 bits per heavy atom. The van der Waals surface area contributed by atoms with Crippen LogP contribution in [0.1, 0.15) is 30.9 Å². The van der Waals surface area contributed by atoms with Gasteiger partial charge in [0.1, 0.15) is 17.1 Å². The number of nitrogens with two attached hydrogens (primary N) is 1. The van der Waals surface area contributed by atoms with Crippen molar-refractivity contribution in [2.75, 3.05) is 6.54 Å². The average Bonchev–Trinajstić information content (AvgIpc) is 3.41. The van der Waals surface area contributed by atoms with Crippen molar-refractivity contribution < 1.29 is 14.7 Å². The summed E-state index contributed by atoms with van der Waals surface area (Å²) in [7, 11) is 1.99. The van der Waals surface area contributed by atoms with Crippen molar-refractivity contribution in [2.24, 2.45) is 12.0 Å². The van der Waals surface area contributed by atoms with E-state index in [-0.39, 0.29) is 11.8 Å². The summed E-state index contributed by atoms with van der Waals surface area (Å²) in [6.45, 7) is 8.74. The molecule has 37 heavy (non-hydrogen) atoms. The average molecular weight is 548 g/mol. The van der Waals surface area contributed by atoms with Crippen molar-refractivity contribution in [1.29, 1.82) is 0 Å². The molecule has 1 atom stereocenters. The zero-order valence-corrected chi connectivity index (χ0v) is 23.3. The number of likely N-dealkylation sites (N-methyl/N-ethyl adjacent to an activating group) is 1. The molecule has 5 rings (SSSR count). The number of nitrogens with zero attached hydrogens (tertiary/aromatic N) is 3. The summed E-state index contributed by atoms with van der Waals surface area (Å²) in [6, 6.07) is 14.2. The Morgan fingerprint density at radius 3 is 2.70 bits per heavy atom. The molecule has 1 saturated heterocycles. The van der Waals surface area contributed by atoms with E-state index in [0.717, 1.165) is 22.1 Å². The van der Waals surface area contributed by atoms with Crippen LogP contribution in [0.5, 0.6) is 0 Å². The third kappa shape index (κ3) is 5.36. The SMILES string of the molecule is [CH2-]C(C)c1ccc2c(c1)C=C/C(=C\C=C1/S/C(=N\c3scc(-c4ccc(Cl)cc4)[n+]3C)N(CC)C1=O)[NH2+]2. The van der Waals surface area contributed by atoms with Gasteiger partial charge in [-0.05, 0) is 66.2 Å². The maximum atomic E-state index is 13.1. The van der Waals surface area contributed by atoms with Crippen molar-refractivity contribution in [2.45, 2.75) is 19.8 Å². The van der Waals surface area contributed by atoms with Gasteiger partial charge in [0.05, 0.1) is 12.0 Å². The van der Waals surface area contributed by atoms with E-state index in [1.54, 1.807) is 16.2 Å². The first-order chi connectivity index (χ1) is 17.8. The summed E-state index contributed by atoms with van der Waals surface area (Å²) in [6.07, 6.45) is 8.10. The van der Waals surface area contributed by atoms with Crippen molar-refractivity contribution in [3.8, 4) is 11.3 Å². The smallest absolute Gasteiger partial charge is 0.336 e. The third-order valence-corrected chi connectivity index (χ3v) is 8.54. The number of aliphatic imine (C=N–C) groups is 1. The van der Waals surface area contributed by atoms with Gasteiger partial charge >= 0.3 is 5.13 Å². The fourth-order valence-electron chi connectivity index (χ4n) is 4.18. The molecule has 0 bridgehead atoms. The van der Waals surface area contributed by atoms with Gasteiger partial charge in [0, 0.05) is 46.3 Å². The molecule has 5 nitrogen and oxygen atoms in total. The molecule has 3 heterocycles. The van der Waals surface area contributed by atoms with E-state index in [2.05, 4.69) is 54.9 Å². The van der Waals surface area contributed by atoms with E-state index in [1.165, 1.54) is 28.6 Å². The highest BCUT2D eigenvalue weighted by molar-refractivity contribution is 8.18. The van der Waals surface area contributed by atoms with E-state index in [0.29, 0.717) is 21.6 Å². The van der Waals surface area contributed by atoms with E-state index in [4.69, 9.17) is 16.6 Å². The van der Waals surface area contributed by atoms with Gasteiger partial charge in [-0.3, -0.25) is 15.0 Å². The van der Waals surface area contributed by atoms with E-state index in [1.807, 2.05) is 55.0 Å². The number of carbonyl (C=O) groups excluding carboxylic acids is 1. The fourth-order valence-corrected chi connectivity index (χ4v) is 6.26. The number of hydrogen-bond donors (Lipinski definition) is 1. The summed E-state index contributed by atoms with van der Waals surface area (Å²) in [5.41, 5.74) is 6.76. The molecule has 2 aliphatic heterocycles. The topological polar surface area (TPSA) is 53.2 Å². The number of allylic oxidation sites excluding steroid dienone is 3. The van der Waals surface area contributed by atoms with Gasteiger partial charge in [-0.2, -0.15) is 0 Å². The van der Waals surface area contributed by atoms with Crippen LogP contribution in [0.4, 0.5) is 10.8 Å². The van der Waals surface area contributed by atoms with Crippen molar-refractivity contribution >= 4 is 62.7 Å². The molecule has 3 aromatic rings. The number of aromatic nitrogens is 1. The molecule has 0 radical (unpaired) electrons. The molecule has 8 heteroatoms. The maximum Gasteiger partial charge on any atom is 0.385 e. The summed E-state index contributed by atoms with van der Waals surface area (Å²) in [5.74, 6) is 0.234. The molecule has 1 fully saturated rings. The van der Waals surface area contributed by atoms with E-state index < -0.39 is 0 Å². The lowest BCUT2D eigenvalue weighted by atomic mass is 9.98. The number of halogens is 1. The Labute approximate surface area is 230 Å². The minimum atomic E-state index is -0.0190. The predicted molar refractivity (Wildman–Crippen MR) is 155 cm³/mol. The number of amidine groups is 1. The maximum absolute atomic E-state index is 13.1. The van der Waals surface area contributed by atoms with Crippen LogP contribution in [0.25, 0.3) is 17.3 Å². The molecule has 188 valence electrons. The zero-order valence-electron chi connectivity index (χ0n) is 20.9. The van der Waals surface area contributed by atoms with Crippen LogP contribution in [0.2, 0.25) is 5.02 Å². The summed E-state index contributed by atoms with van der Waals surface area (Å²) >= 11 is 9.01. The second-order valence-corrected chi connectivity index (χ2v) is 11.3. The Hall–Kier alpha value is -2.97.